The van der Waals surface area contributed by atoms with Crippen LogP contribution in [-0.4, -0.2) is 47.9 Å². The lowest BCUT2D eigenvalue weighted by molar-refractivity contribution is -0.135. The molecule has 1 aliphatic carbocycles. The summed E-state index contributed by atoms with van der Waals surface area (Å²) in [6.45, 7) is 5.97. The first-order valence-corrected chi connectivity index (χ1v) is 8.98. The normalized spacial score (nSPS) is 25.4. The molecule has 1 amide bonds. The van der Waals surface area contributed by atoms with Crippen molar-refractivity contribution < 1.29 is 4.79 Å². The maximum atomic E-state index is 12.6. The van der Waals surface area contributed by atoms with Gasteiger partial charge in [0.1, 0.15) is 6.04 Å². The van der Waals surface area contributed by atoms with Gasteiger partial charge in [0.25, 0.3) is 0 Å². The molecule has 0 spiro atoms. The maximum Gasteiger partial charge on any atom is 0.244 e. The van der Waals surface area contributed by atoms with Crippen molar-refractivity contribution in [1.29, 1.82) is 0 Å². The van der Waals surface area contributed by atoms with Crippen molar-refractivity contribution in [3.05, 3.63) is 35.9 Å². The lowest BCUT2D eigenvalue weighted by Gasteiger charge is -2.42. The second kappa shape index (κ2) is 10.4. The van der Waals surface area contributed by atoms with Crippen molar-refractivity contribution in [2.45, 2.75) is 44.7 Å². The number of nitrogens with two attached hydrogens (primary N) is 1. The number of hydrogen-bond donors (Lipinski definition) is 1. The van der Waals surface area contributed by atoms with Gasteiger partial charge in [0.15, 0.2) is 0 Å². The Labute approximate surface area is 163 Å². The van der Waals surface area contributed by atoms with E-state index in [2.05, 4.69) is 11.8 Å². The van der Waals surface area contributed by atoms with Gasteiger partial charge in [-0.2, -0.15) is 0 Å². The third-order valence-corrected chi connectivity index (χ3v) is 5.55. The lowest BCUT2D eigenvalue weighted by Crippen LogP contribution is -2.54. The zero-order valence-electron chi connectivity index (χ0n) is 15.0. The second-order valence-electron chi connectivity index (χ2n) is 7.16. The van der Waals surface area contributed by atoms with Gasteiger partial charge >= 0.3 is 0 Å². The average molecular weight is 388 g/mol. The van der Waals surface area contributed by atoms with Gasteiger partial charge in [-0.1, -0.05) is 37.3 Å². The molecule has 6 heteroatoms. The molecule has 1 aromatic carbocycles. The van der Waals surface area contributed by atoms with E-state index in [9.17, 15) is 4.79 Å². The van der Waals surface area contributed by atoms with Gasteiger partial charge in [-0.05, 0) is 37.2 Å². The Balaban J connectivity index is 0.00000156. The van der Waals surface area contributed by atoms with Crippen LogP contribution < -0.4 is 5.73 Å². The van der Waals surface area contributed by atoms with E-state index in [0.29, 0.717) is 0 Å². The predicted octanol–water partition coefficient (Wildman–Crippen LogP) is 3.25. The molecule has 1 saturated carbocycles. The van der Waals surface area contributed by atoms with Crippen LogP contribution >= 0.6 is 24.8 Å². The van der Waals surface area contributed by atoms with Crippen molar-refractivity contribution in [1.82, 2.24) is 9.80 Å². The van der Waals surface area contributed by atoms with Gasteiger partial charge in [0, 0.05) is 32.2 Å². The molecule has 0 aromatic heterocycles. The van der Waals surface area contributed by atoms with E-state index in [1.807, 2.05) is 35.2 Å². The highest BCUT2D eigenvalue weighted by Gasteiger charge is 2.30. The van der Waals surface area contributed by atoms with Crippen LogP contribution in [0.4, 0.5) is 0 Å². The Bertz CT molecular complexity index is 513. The van der Waals surface area contributed by atoms with E-state index in [4.69, 9.17) is 5.73 Å². The molecular formula is C19H31Cl2N3O. The van der Waals surface area contributed by atoms with Gasteiger partial charge in [0.2, 0.25) is 5.91 Å². The minimum Gasteiger partial charge on any atom is -0.338 e. The highest BCUT2D eigenvalue weighted by atomic mass is 35.5. The van der Waals surface area contributed by atoms with E-state index in [1.54, 1.807) is 0 Å². The van der Waals surface area contributed by atoms with E-state index in [1.165, 1.54) is 25.7 Å². The van der Waals surface area contributed by atoms with Crippen LogP contribution in [0.15, 0.2) is 30.3 Å². The molecule has 0 radical (unpaired) electrons. The average Bonchev–Trinajstić information content (AvgIpc) is 2.62. The Morgan fingerprint density at radius 1 is 1.00 bits per heavy atom. The smallest absolute Gasteiger partial charge is 0.244 e. The molecule has 0 bridgehead atoms. The van der Waals surface area contributed by atoms with Crippen LogP contribution in [0.2, 0.25) is 0 Å². The summed E-state index contributed by atoms with van der Waals surface area (Å²) in [4.78, 5) is 17.1. The summed E-state index contributed by atoms with van der Waals surface area (Å²) in [5, 5.41) is 0. The van der Waals surface area contributed by atoms with Crippen LogP contribution in [0.1, 0.15) is 44.2 Å². The van der Waals surface area contributed by atoms with E-state index < -0.39 is 6.04 Å². The Hall–Kier alpha value is -0.810. The predicted molar refractivity (Wildman–Crippen MR) is 107 cm³/mol. The number of carbonyl (C=O) groups excluding carboxylic acids is 1. The molecule has 1 heterocycles. The summed E-state index contributed by atoms with van der Waals surface area (Å²) in [5.74, 6) is 0.950. The van der Waals surface area contributed by atoms with Crippen LogP contribution in [0.25, 0.3) is 0 Å². The van der Waals surface area contributed by atoms with Gasteiger partial charge in [-0.3, -0.25) is 9.69 Å². The number of piperazine rings is 1. The van der Waals surface area contributed by atoms with Crippen molar-refractivity contribution in [2.75, 3.05) is 26.2 Å². The fourth-order valence-corrected chi connectivity index (χ4v) is 3.91. The highest BCUT2D eigenvalue weighted by molar-refractivity contribution is 5.85. The van der Waals surface area contributed by atoms with Crippen molar-refractivity contribution in [3.63, 3.8) is 0 Å². The summed E-state index contributed by atoms with van der Waals surface area (Å²) in [6.07, 6.45) is 5.34. The molecule has 1 aliphatic heterocycles. The van der Waals surface area contributed by atoms with Crippen molar-refractivity contribution in [3.8, 4) is 0 Å². The maximum absolute atomic E-state index is 12.6. The van der Waals surface area contributed by atoms with Crippen molar-refractivity contribution >= 4 is 30.7 Å². The Morgan fingerprint density at radius 3 is 2.12 bits per heavy atom. The van der Waals surface area contributed by atoms with Gasteiger partial charge in [-0.15, -0.1) is 24.8 Å². The summed E-state index contributed by atoms with van der Waals surface area (Å²) in [7, 11) is 0. The molecule has 2 aliphatic rings. The van der Waals surface area contributed by atoms with E-state index in [0.717, 1.165) is 43.7 Å². The number of halogens is 2. The van der Waals surface area contributed by atoms with Crippen LogP contribution in [-0.2, 0) is 4.79 Å². The summed E-state index contributed by atoms with van der Waals surface area (Å²) in [6, 6.07) is 9.88. The largest absolute Gasteiger partial charge is 0.338 e. The topological polar surface area (TPSA) is 49.6 Å². The zero-order valence-corrected chi connectivity index (χ0v) is 16.6. The van der Waals surface area contributed by atoms with E-state index in [-0.39, 0.29) is 30.7 Å². The summed E-state index contributed by atoms with van der Waals surface area (Å²) >= 11 is 0. The molecule has 1 saturated heterocycles. The third-order valence-electron chi connectivity index (χ3n) is 5.55. The number of rotatable bonds is 3. The van der Waals surface area contributed by atoms with Crippen LogP contribution in [0.3, 0.4) is 0 Å². The first kappa shape index (κ1) is 22.2. The standard InChI is InChI=1S/C19H29N3O.2ClH/c1-15-7-9-17(10-8-15)21-11-13-22(14-12-21)19(23)18(20)16-5-3-2-4-6-16;;/h2-6,15,17-18H,7-14,20H2,1H3;2*1H. The van der Waals surface area contributed by atoms with Gasteiger partial charge in [-0.25, -0.2) is 0 Å². The fourth-order valence-electron chi connectivity index (χ4n) is 3.91. The van der Waals surface area contributed by atoms with Crippen LogP contribution in [0, 0.1) is 5.92 Å². The molecule has 3 rings (SSSR count). The molecule has 4 nitrogen and oxygen atoms in total. The van der Waals surface area contributed by atoms with Gasteiger partial charge < -0.3 is 10.6 Å². The first-order valence-electron chi connectivity index (χ1n) is 8.98. The number of hydrogen-bond acceptors (Lipinski definition) is 3. The molecule has 2 fully saturated rings. The number of amides is 1. The third kappa shape index (κ3) is 5.58. The van der Waals surface area contributed by atoms with Crippen LogP contribution in [0.5, 0.6) is 0 Å². The molecule has 1 unspecified atom stereocenters. The number of benzene rings is 1. The number of nitrogens with zero attached hydrogens (tertiary/aromatic N) is 2. The highest BCUT2D eigenvalue weighted by Crippen LogP contribution is 2.28. The summed E-state index contributed by atoms with van der Waals surface area (Å²) < 4.78 is 0. The minimum atomic E-state index is -0.529. The van der Waals surface area contributed by atoms with Crippen molar-refractivity contribution in [2.24, 2.45) is 11.7 Å². The second-order valence-corrected chi connectivity index (χ2v) is 7.16. The summed E-state index contributed by atoms with van der Waals surface area (Å²) in [5.41, 5.74) is 7.06. The Morgan fingerprint density at radius 2 is 1.56 bits per heavy atom. The molecule has 1 aromatic rings. The monoisotopic (exact) mass is 387 g/mol. The molecular weight excluding hydrogens is 357 g/mol. The Kier molecular flexibility index (Phi) is 9.22. The lowest BCUT2D eigenvalue weighted by atomic mass is 9.86. The number of carbonyl (C=O) groups is 1. The molecule has 1 atom stereocenters. The first-order chi connectivity index (χ1) is 11.1. The quantitative estimate of drug-likeness (QED) is 0.865. The van der Waals surface area contributed by atoms with E-state index >= 15 is 0 Å². The molecule has 142 valence electrons. The molecule has 2 N–H and O–H groups in total. The fraction of sp³-hybridized carbons (Fsp3) is 0.632. The minimum absolute atomic E-state index is 0. The van der Waals surface area contributed by atoms with Gasteiger partial charge in [0.05, 0.1) is 0 Å². The zero-order chi connectivity index (χ0) is 16.2. The SMILES string of the molecule is CC1CCC(N2CCN(C(=O)C(N)c3ccccc3)CC2)CC1.Cl.Cl. The molecule has 25 heavy (non-hydrogen) atoms.